The van der Waals surface area contributed by atoms with Crippen LogP contribution in [-0.4, -0.2) is 28.9 Å². The Labute approximate surface area is 118 Å². The number of aromatic nitrogens is 1. The van der Waals surface area contributed by atoms with E-state index in [1.807, 2.05) is 11.9 Å². The van der Waals surface area contributed by atoms with E-state index in [0.717, 1.165) is 12.8 Å². The number of hydrogen-bond acceptors (Lipinski definition) is 3. The summed E-state index contributed by atoms with van der Waals surface area (Å²) in [5.41, 5.74) is 6.06. The molecule has 2 unspecified atom stereocenters. The van der Waals surface area contributed by atoms with Crippen LogP contribution in [0.15, 0.2) is 12.3 Å². The predicted octanol–water partition coefficient (Wildman–Crippen LogP) is 2.97. The molecule has 1 amide bonds. The molecule has 1 heterocycles. The number of carbonyl (C=O) groups is 1. The molecule has 1 aliphatic rings. The van der Waals surface area contributed by atoms with E-state index in [0.29, 0.717) is 22.5 Å². The normalized spacial score (nSPS) is 23.1. The monoisotopic (exact) mass is 281 g/mol. The second-order valence-electron chi connectivity index (χ2n) is 5.43. The number of nitrogen functional groups attached to an aromatic ring is 1. The molecular weight excluding hydrogens is 262 g/mol. The van der Waals surface area contributed by atoms with E-state index in [1.54, 1.807) is 6.07 Å². The molecule has 1 aliphatic carbocycles. The highest BCUT2D eigenvalue weighted by Gasteiger charge is 2.26. The highest BCUT2D eigenvalue weighted by atomic mass is 35.5. The number of amides is 1. The van der Waals surface area contributed by atoms with Crippen molar-refractivity contribution >= 4 is 23.3 Å². The molecule has 104 valence electrons. The molecule has 19 heavy (non-hydrogen) atoms. The van der Waals surface area contributed by atoms with E-state index in [2.05, 4.69) is 11.9 Å². The molecule has 2 N–H and O–H groups in total. The largest absolute Gasteiger partial charge is 0.382 e. The first-order valence-electron chi connectivity index (χ1n) is 6.67. The topological polar surface area (TPSA) is 59.2 Å². The maximum absolute atomic E-state index is 12.4. The van der Waals surface area contributed by atoms with Crippen molar-refractivity contribution in [2.75, 3.05) is 12.8 Å². The summed E-state index contributed by atoms with van der Waals surface area (Å²) in [4.78, 5) is 18.2. The molecule has 5 heteroatoms. The second-order valence-corrected chi connectivity index (χ2v) is 5.84. The van der Waals surface area contributed by atoms with Gasteiger partial charge in [-0.25, -0.2) is 4.98 Å². The zero-order valence-electron chi connectivity index (χ0n) is 11.4. The van der Waals surface area contributed by atoms with Gasteiger partial charge in [0.2, 0.25) is 0 Å². The van der Waals surface area contributed by atoms with Gasteiger partial charge in [-0.15, -0.1) is 0 Å². The summed E-state index contributed by atoms with van der Waals surface area (Å²) in [5.74, 6) is 0.905. The number of nitrogens with two attached hydrogens (primary N) is 1. The van der Waals surface area contributed by atoms with Crippen LogP contribution >= 0.6 is 11.6 Å². The van der Waals surface area contributed by atoms with Crippen molar-refractivity contribution < 1.29 is 4.79 Å². The lowest BCUT2D eigenvalue weighted by molar-refractivity contribution is 0.0672. The standard InChI is InChI=1S/C14H20ClN3O/c1-9-4-3-5-11(6-9)18(2)14(19)10-7-12(15)13(16)17-8-10/h7-9,11H,3-6H2,1-2H3,(H2,16,17). The van der Waals surface area contributed by atoms with Crippen molar-refractivity contribution in [2.45, 2.75) is 38.6 Å². The molecular formula is C14H20ClN3O. The molecule has 0 saturated heterocycles. The first kappa shape index (κ1) is 14.1. The third kappa shape index (κ3) is 3.18. The minimum absolute atomic E-state index is 0.0338. The van der Waals surface area contributed by atoms with Crippen molar-refractivity contribution in [1.82, 2.24) is 9.88 Å². The van der Waals surface area contributed by atoms with Crippen LogP contribution in [0.2, 0.25) is 5.02 Å². The lowest BCUT2D eigenvalue weighted by atomic mass is 9.86. The molecule has 0 spiro atoms. The van der Waals surface area contributed by atoms with Crippen LogP contribution in [-0.2, 0) is 0 Å². The first-order valence-corrected chi connectivity index (χ1v) is 7.05. The van der Waals surface area contributed by atoms with Crippen LogP contribution in [0.5, 0.6) is 0 Å². The minimum atomic E-state index is -0.0338. The molecule has 1 saturated carbocycles. The molecule has 0 bridgehead atoms. The lowest BCUT2D eigenvalue weighted by Crippen LogP contribution is -2.39. The fraction of sp³-hybridized carbons (Fsp3) is 0.571. The van der Waals surface area contributed by atoms with Gasteiger partial charge in [-0.2, -0.15) is 0 Å². The molecule has 1 fully saturated rings. The summed E-state index contributed by atoms with van der Waals surface area (Å²) in [6, 6.07) is 1.90. The zero-order valence-corrected chi connectivity index (χ0v) is 12.2. The minimum Gasteiger partial charge on any atom is -0.382 e. The Kier molecular flexibility index (Phi) is 4.30. The van der Waals surface area contributed by atoms with Gasteiger partial charge < -0.3 is 10.6 Å². The smallest absolute Gasteiger partial charge is 0.255 e. The van der Waals surface area contributed by atoms with Gasteiger partial charge in [-0.1, -0.05) is 31.4 Å². The number of anilines is 1. The highest BCUT2D eigenvalue weighted by Crippen LogP contribution is 2.27. The fourth-order valence-corrected chi connectivity index (χ4v) is 2.86. The van der Waals surface area contributed by atoms with Crippen LogP contribution in [0.1, 0.15) is 43.0 Å². The van der Waals surface area contributed by atoms with E-state index in [4.69, 9.17) is 17.3 Å². The Morgan fingerprint density at radius 3 is 2.89 bits per heavy atom. The Balaban J connectivity index is 2.11. The van der Waals surface area contributed by atoms with Gasteiger partial charge in [0.05, 0.1) is 10.6 Å². The average Bonchev–Trinajstić information content (AvgIpc) is 2.40. The number of halogens is 1. The molecule has 0 aliphatic heterocycles. The second kappa shape index (κ2) is 5.78. The van der Waals surface area contributed by atoms with Crippen LogP contribution in [0.3, 0.4) is 0 Å². The summed E-state index contributed by atoms with van der Waals surface area (Å²) < 4.78 is 0. The third-order valence-corrected chi connectivity index (χ3v) is 4.20. The first-order chi connectivity index (χ1) is 8.99. The molecule has 2 atom stereocenters. The Morgan fingerprint density at radius 2 is 2.26 bits per heavy atom. The molecule has 2 rings (SSSR count). The summed E-state index contributed by atoms with van der Waals surface area (Å²) in [7, 11) is 1.86. The number of carbonyl (C=O) groups excluding carboxylic acids is 1. The van der Waals surface area contributed by atoms with Crippen LogP contribution in [0, 0.1) is 5.92 Å². The summed E-state index contributed by atoms with van der Waals surface area (Å²) in [6.07, 6.45) is 6.07. The Hall–Kier alpha value is -1.29. The van der Waals surface area contributed by atoms with Gasteiger partial charge >= 0.3 is 0 Å². The van der Waals surface area contributed by atoms with E-state index < -0.39 is 0 Å². The average molecular weight is 282 g/mol. The fourth-order valence-electron chi connectivity index (χ4n) is 2.69. The van der Waals surface area contributed by atoms with Gasteiger partial charge in [0.1, 0.15) is 5.82 Å². The number of pyridine rings is 1. The third-order valence-electron chi connectivity index (χ3n) is 3.89. The van der Waals surface area contributed by atoms with Gasteiger partial charge in [-0.3, -0.25) is 4.79 Å². The molecule has 0 radical (unpaired) electrons. The number of hydrogen-bond donors (Lipinski definition) is 1. The molecule has 1 aromatic heterocycles. The predicted molar refractivity (Wildman–Crippen MR) is 77.2 cm³/mol. The summed E-state index contributed by atoms with van der Waals surface area (Å²) >= 11 is 5.91. The van der Waals surface area contributed by atoms with Crippen molar-refractivity contribution in [3.05, 3.63) is 22.8 Å². The molecule has 4 nitrogen and oxygen atoms in total. The van der Waals surface area contributed by atoms with Crippen LogP contribution in [0.25, 0.3) is 0 Å². The highest BCUT2D eigenvalue weighted by molar-refractivity contribution is 6.33. The van der Waals surface area contributed by atoms with Crippen molar-refractivity contribution in [3.63, 3.8) is 0 Å². The quantitative estimate of drug-likeness (QED) is 0.907. The number of nitrogens with zero attached hydrogens (tertiary/aromatic N) is 2. The number of rotatable bonds is 2. The summed E-state index contributed by atoms with van der Waals surface area (Å²) in [6.45, 7) is 2.24. The zero-order chi connectivity index (χ0) is 14.0. The van der Waals surface area contributed by atoms with E-state index in [1.165, 1.54) is 19.0 Å². The van der Waals surface area contributed by atoms with Crippen LogP contribution < -0.4 is 5.73 Å². The van der Waals surface area contributed by atoms with E-state index >= 15 is 0 Å². The van der Waals surface area contributed by atoms with E-state index in [-0.39, 0.29) is 11.7 Å². The SMILES string of the molecule is CC1CCCC(N(C)C(=O)c2cnc(N)c(Cl)c2)C1. The van der Waals surface area contributed by atoms with Gasteiger partial charge in [0.25, 0.3) is 5.91 Å². The van der Waals surface area contributed by atoms with Crippen molar-refractivity contribution in [1.29, 1.82) is 0 Å². The van der Waals surface area contributed by atoms with Gasteiger partial charge in [-0.05, 0) is 24.8 Å². The van der Waals surface area contributed by atoms with E-state index in [9.17, 15) is 4.79 Å². The lowest BCUT2D eigenvalue weighted by Gasteiger charge is -2.34. The Bertz CT molecular complexity index is 478. The molecule has 1 aromatic rings. The molecule has 0 aromatic carbocycles. The van der Waals surface area contributed by atoms with Gasteiger partial charge in [0, 0.05) is 19.3 Å². The van der Waals surface area contributed by atoms with Crippen molar-refractivity contribution in [3.8, 4) is 0 Å². The summed E-state index contributed by atoms with van der Waals surface area (Å²) in [5, 5.41) is 0.330. The van der Waals surface area contributed by atoms with Crippen LogP contribution in [0.4, 0.5) is 5.82 Å². The van der Waals surface area contributed by atoms with Crippen molar-refractivity contribution in [2.24, 2.45) is 5.92 Å². The maximum Gasteiger partial charge on any atom is 0.255 e. The maximum atomic E-state index is 12.4. The Morgan fingerprint density at radius 1 is 1.53 bits per heavy atom. The van der Waals surface area contributed by atoms with Gasteiger partial charge in [0.15, 0.2) is 0 Å².